The molecule has 0 atom stereocenters. The maximum atomic E-state index is 12.4. The minimum absolute atomic E-state index is 0.0169. The summed E-state index contributed by atoms with van der Waals surface area (Å²) in [5.41, 5.74) is -2.87. The van der Waals surface area contributed by atoms with Crippen LogP contribution in [0.2, 0.25) is 0 Å². The number of halogens is 6. The third-order valence-corrected chi connectivity index (χ3v) is 1.76. The lowest BCUT2D eigenvalue weighted by molar-refractivity contribution is -0.274. The minimum atomic E-state index is -5.16. The molecule has 0 amide bonds. The summed E-state index contributed by atoms with van der Waals surface area (Å²) in [5.74, 6) is -3.04. The Bertz CT molecular complexity index is 462. The fraction of sp³-hybridized carbons (Fsp3) is 0.222. The Morgan fingerprint density at radius 3 is 2.06 bits per heavy atom. The molecule has 9 heteroatoms. The van der Waals surface area contributed by atoms with Crippen molar-refractivity contribution in [1.82, 2.24) is 0 Å². The highest BCUT2D eigenvalue weighted by molar-refractivity contribution is 5.89. The molecule has 0 radical (unpaired) electrons. The van der Waals surface area contributed by atoms with Gasteiger partial charge in [-0.25, -0.2) is 4.79 Å². The molecule has 0 heterocycles. The van der Waals surface area contributed by atoms with Gasteiger partial charge in [0.1, 0.15) is 5.75 Å². The van der Waals surface area contributed by atoms with E-state index in [4.69, 9.17) is 5.11 Å². The van der Waals surface area contributed by atoms with Gasteiger partial charge in [0.15, 0.2) is 0 Å². The predicted molar refractivity (Wildman–Crippen MR) is 45.1 cm³/mol. The Balaban J connectivity index is 3.27. The second-order valence-corrected chi connectivity index (χ2v) is 3.06. The molecule has 3 nitrogen and oxygen atoms in total. The second kappa shape index (κ2) is 4.39. The van der Waals surface area contributed by atoms with E-state index < -0.39 is 35.4 Å². The molecule has 1 aromatic rings. The number of aromatic carboxylic acids is 1. The van der Waals surface area contributed by atoms with Crippen molar-refractivity contribution in [1.29, 1.82) is 0 Å². The topological polar surface area (TPSA) is 46.5 Å². The van der Waals surface area contributed by atoms with E-state index in [1.165, 1.54) is 0 Å². The number of alkyl halides is 6. The highest BCUT2D eigenvalue weighted by Crippen LogP contribution is 2.35. The Hall–Kier alpha value is -1.93. The van der Waals surface area contributed by atoms with E-state index in [1.807, 2.05) is 0 Å². The van der Waals surface area contributed by atoms with Crippen LogP contribution in [0, 0.1) is 0 Å². The molecule has 0 spiro atoms. The molecule has 1 rings (SSSR count). The van der Waals surface area contributed by atoms with Crippen LogP contribution in [0.25, 0.3) is 0 Å². The first kappa shape index (κ1) is 14.1. The van der Waals surface area contributed by atoms with Crippen LogP contribution in [0.3, 0.4) is 0 Å². The summed E-state index contributed by atoms with van der Waals surface area (Å²) in [6.45, 7) is 0. The van der Waals surface area contributed by atoms with Crippen LogP contribution in [-0.2, 0) is 6.18 Å². The normalized spacial score (nSPS) is 12.3. The maximum Gasteiger partial charge on any atom is 0.573 e. The smallest absolute Gasteiger partial charge is 0.478 e. The molecular weight excluding hydrogens is 270 g/mol. The summed E-state index contributed by atoms with van der Waals surface area (Å²) in [6, 6.07) is 0.870. The van der Waals surface area contributed by atoms with Gasteiger partial charge in [-0.15, -0.1) is 13.2 Å². The molecule has 0 aromatic heterocycles. The zero-order chi connectivity index (χ0) is 14.1. The number of rotatable bonds is 2. The Labute approximate surface area is 95.6 Å². The zero-order valence-corrected chi connectivity index (χ0v) is 8.26. The van der Waals surface area contributed by atoms with Crippen LogP contribution in [0.15, 0.2) is 18.2 Å². The molecule has 0 bridgehead atoms. The molecule has 0 saturated carbocycles. The maximum absolute atomic E-state index is 12.4. The van der Waals surface area contributed by atoms with Crippen LogP contribution in [0.5, 0.6) is 5.75 Å². The van der Waals surface area contributed by atoms with E-state index >= 15 is 0 Å². The van der Waals surface area contributed by atoms with Gasteiger partial charge in [-0.1, -0.05) is 0 Å². The molecule has 100 valence electrons. The van der Waals surface area contributed by atoms with Gasteiger partial charge < -0.3 is 9.84 Å². The number of hydrogen-bond acceptors (Lipinski definition) is 2. The van der Waals surface area contributed by atoms with Gasteiger partial charge in [-0.2, -0.15) is 13.2 Å². The lowest BCUT2D eigenvalue weighted by Gasteiger charge is -2.13. The van der Waals surface area contributed by atoms with Crippen LogP contribution in [0.4, 0.5) is 26.3 Å². The average molecular weight is 274 g/mol. The van der Waals surface area contributed by atoms with Crippen molar-refractivity contribution in [2.75, 3.05) is 0 Å². The highest BCUT2D eigenvalue weighted by Gasteiger charge is 2.37. The van der Waals surface area contributed by atoms with Gasteiger partial charge in [0, 0.05) is 0 Å². The van der Waals surface area contributed by atoms with Crippen molar-refractivity contribution in [3.63, 3.8) is 0 Å². The van der Waals surface area contributed by atoms with Gasteiger partial charge in [0.25, 0.3) is 0 Å². The SMILES string of the molecule is O=C(O)c1ccc(OC(F)(F)F)cc1C(F)(F)F. The van der Waals surface area contributed by atoms with Crippen molar-refractivity contribution < 1.29 is 41.0 Å². The predicted octanol–water partition coefficient (Wildman–Crippen LogP) is 3.30. The number of carboxylic acids is 1. The van der Waals surface area contributed by atoms with Crippen molar-refractivity contribution >= 4 is 5.97 Å². The number of benzene rings is 1. The highest BCUT2D eigenvalue weighted by atomic mass is 19.4. The van der Waals surface area contributed by atoms with Crippen LogP contribution in [-0.4, -0.2) is 17.4 Å². The zero-order valence-electron chi connectivity index (χ0n) is 8.26. The molecule has 1 N–H and O–H groups in total. The number of carboxylic acid groups (broad SMARTS) is 1. The van der Waals surface area contributed by atoms with E-state index in [-0.39, 0.29) is 6.07 Å². The van der Waals surface area contributed by atoms with E-state index in [9.17, 15) is 31.1 Å². The van der Waals surface area contributed by atoms with Crippen LogP contribution in [0.1, 0.15) is 15.9 Å². The first-order valence-electron chi connectivity index (χ1n) is 4.21. The summed E-state index contributed by atoms with van der Waals surface area (Å²) in [5, 5.41) is 8.49. The molecule has 18 heavy (non-hydrogen) atoms. The van der Waals surface area contributed by atoms with E-state index in [0.29, 0.717) is 12.1 Å². The molecule has 0 aliphatic rings. The third kappa shape index (κ3) is 3.54. The summed E-state index contributed by atoms with van der Waals surface area (Å²) < 4.78 is 76.0. The van der Waals surface area contributed by atoms with Gasteiger partial charge in [0.05, 0.1) is 11.1 Å². The number of hydrogen-bond donors (Lipinski definition) is 1. The quantitative estimate of drug-likeness (QED) is 0.841. The Morgan fingerprint density at radius 2 is 1.67 bits per heavy atom. The number of ether oxygens (including phenoxy) is 1. The van der Waals surface area contributed by atoms with Gasteiger partial charge in [-0.05, 0) is 18.2 Å². The van der Waals surface area contributed by atoms with Crippen molar-refractivity contribution in [3.8, 4) is 5.75 Å². The molecular formula is C9H4F6O3. The van der Waals surface area contributed by atoms with Crippen molar-refractivity contribution in [3.05, 3.63) is 29.3 Å². The molecule has 0 unspecified atom stereocenters. The van der Waals surface area contributed by atoms with E-state index in [1.54, 1.807) is 0 Å². The van der Waals surface area contributed by atoms with Crippen LogP contribution >= 0.6 is 0 Å². The fourth-order valence-corrected chi connectivity index (χ4v) is 1.14. The molecule has 0 saturated heterocycles. The standard InChI is InChI=1S/C9H4F6O3/c10-8(11,12)6-3-4(18-9(13,14)15)1-2-5(6)7(16)17/h1-3H,(H,16,17). The molecule has 0 aliphatic carbocycles. The van der Waals surface area contributed by atoms with Gasteiger partial charge in [-0.3, -0.25) is 0 Å². The first-order valence-corrected chi connectivity index (χ1v) is 4.21. The van der Waals surface area contributed by atoms with Gasteiger partial charge in [0.2, 0.25) is 0 Å². The Morgan fingerprint density at radius 1 is 1.11 bits per heavy atom. The minimum Gasteiger partial charge on any atom is -0.478 e. The lowest BCUT2D eigenvalue weighted by atomic mass is 10.1. The lowest BCUT2D eigenvalue weighted by Crippen LogP contribution is -2.19. The van der Waals surface area contributed by atoms with Gasteiger partial charge >= 0.3 is 18.5 Å². The number of carbonyl (C=O) groups is 1. The van der Waals surface area contributed by atoms with Crippen molar-refractivity contribution in [2.24, 2.45) is 0 Å². The first-order chi connectivity index (χ1) is 8.00. The van der Waals surface area contributed by atoms with Crippen molar-refractivity contribution in [2.45, 2.75) is 12.5 Å². The van der Waals surface area contributed by atoms with E-state index in [2.05, 4.69) is 4.74 Å². The largest absolute Gasteiger partial charge is 0.573 e. The summed E-state index contributed by atoms with van der Waals surface area (Å²) >= 11 is 0. The third-order valence-electron chi connectivity index (χ3n) is 1.76. The second-order valence-electron chi connectivity index (χ2n) is 3.06. The summed E-state index contributed by atoms with van der Waals surface area (Å²) in [7, 11) is 0. The fourth-order valence-electron chi connectivity index (χ4n) is 1.14. The Kier molecular flexibility index (Phi) is 3.45. The molecule has 0 fully saturated rings. The monoisotopic (exact) mass is 274 g/mol. The summed E-state index contributed by atoms with van der Waals surface area (Å²) in [4.78, 5) is 10.5. The molecule has 0 aliphatic heterocycles. The van der Waals surface area contributed by atoms with E-state index in [0.717, 1.165) is 0 Å². The summed E-state index contributed by atoms with van der Waals surface area (Å²) in [6.07, 6.45) is -10.3. The van der Waals surface area contributed by atoms with Crippen LogP contribution < -0.4 is 4.74 Å². The molecule has 1 aromatic carbocycles. The average Bonchev–Trinajstić information content (AvgIpc) is 2.13.